The SMILES string of the molecule is Cc1ccc(-c2ccc(-c3ccc(-c4cccc(F)c4F)c(F)c3F)cc2)cc1. The lowest BCUT2D eigenvalue weighted by Gasteiger charge is -2.11. The molecule has 0 spiro atoms. The summed E-state index contributed by atoms with van der Waals surface area (Å²) in [5.74, 6) is -4.64. The standard InChI is InChI=1S/C25H16F4/c1-15-5-7-16(8-6-15)17-9-11-18(12-10-17)19-13-14-21(25(29)24(19)28)20-3-2-4-22(26)23(20)27/h2-14H,1H3. The number of aryl methyl sites for hydroxylation is 1. The minimum atomic E-state index is -1.21. The van der Waals surface area contributed by atoms with Crippen LogP contribution < -0.4 is 0 Å². The van der Waals surface area contributed by atoms with E-state index in [-0.39, 0.29) is 16.7 Å². The minimum absolute atomic E-state index is 0.0542. The van der Waals surface area contributed by atoms with E-state index in [0.717, 1.165) is 22.8 Å². The van der Waals surface area contributed by atoms with Crippen LogP contribution in [0.15, 0.2) is 78.9 Å². The largest absolute Gasteiger partial charge is 0.204 e. The molecule has 0 saturated carbocycles. The number of hydrogen-bond acceptors (Lipinski definition) is 0. The van der Waals surface area contributed by atoms with Gasteiger partial charge in [-0.25, -0.2) is 17.6 Å². The molecule has 4 aromatic carbocycles. The van der Waals surface area contributed by atoms with Gasteiger partial charge in [-0.1, -0.05) is 78.4 Å². The van der Waals surface area contributed by atoms with Crippen LogP contribution in [0, 0.1) is 30.2 Å². The molecule has 4 aromatic rings. The Labute approximate surface area is 166 Å². The van der Waals surface area contributed by atoms with Crippen molar-refractivity contribution in [1.29, 1.82) is 0 Å². The molecular formula is C25H16F4. The first-order valence-electron chi connectivity index (χ1n) is 9.05. The predicted molar refractivity (Wildman–Crippen MR) is 107 cm³/mol. The van der Waals surface area contributed by atoms with Gasteiger partial charge in [-0.3, -0.25) is 0 Å². The van der Waals surface area contributed by atoms with Crippen LogP contribution in [0.25, 0.3) is 33.4 Å². The van der Waals surface area contributed by atoms with E-state index in [2.05, 4.69) is 0 Å². The summed E-state index contributed by atoms with van der Waals surface area (Å²) in [4.78, 5) is 0. The lowest BCUT2D eigenvalue weighted by molar-refractivity contribution is 0.502. The monoisotopic (exact) mass is 392 g/mol. The summed E-state index contributed by atoms with van der Waals surface area (Å²) in [5, 5.41) is 0. The van der Waals surface area contributed by atoms with Crippen molar-refractivity contribution in [3.63, 3.8) is 0 Å². The van der Waals surface area contributed by atoms with Crippen LogP contribution in [0.2, 0.25) is 0 Å². The quantitative estimate of drug-likeness (QED) is 0.316. The second-order valence-electron chi connectivity index (χ2n) is 6.83. The third-order valence-corrected chi connectivity index (χ3v) is 4.90. The molecule has 0 unspecified atom stereocenters. The molecule has 0 heterocycles. The number of benzene rings is 4. The molecule has 0 atom stereocenters. The Kier molecular flexibility index (Phi) is 4.93. The van der Waals surface area contributed by atoms with Crippen LogP contribution in [0.4, 0.5) is 17.6 Å². The van der Waals surface area contributed by atoms with Gasteiger partial charge >= 0.3 is 0 Å². The fourth-order valence-corrected chi connectivity index (χ4v) is 3.28. The fraction of sp³-hybridized carbons (Fsp3) is 0.0400. The lowest BCUT2D eigenvalue weighted by atomic mass is 9.96. The molecule has 0 N–H and O–H groups in total. The van der Waals surface area contributed by atoms with E-state index >= 15 is 0 Å². The van der Waals surface area contributed by atoms with Gasteiger partial charge in [0, 0.05) is 16.7 Å². The topological polar surface area (TPSA) is 0 Å². The minimum Gasteiger partial charge on any atom is -0.204 e. The molecule has 0 aliphatic rings. The third-order valence-electron chi connectivity index (χ3n) is 4.90. The molecule has 4 heteroatoms. The molecule has 0 aliphatic carbocycles. The highest BCUT2D eigenvalue weighted by Gasteiger charge is 2.19. The maximum atomic E-state index is 14.7. The fourth-order valence-electron chi connectivity index (χ4n) is 3.28. The van der Waals surface area contributed by atoms with Gasteiger partial charge in [0.1, 0.15) is 0 Å². The first-order chi connectivity index (χ1) is 14.0. The van der Waals surface area contributed by atoms with Crippen molar-refractivity contribution in [3.05, 3.63) is 108 Å². The first kappa shape index (κ1) is 18.9. The molecule has 0 amide bonds. The summed E-state index contributed by atoms with van der Waals surface area (Å²) in [7, 11) is 0. The van der Waals surface area contributed by atoms with Gasteiger partial charge in [0.2, 0.25) is 0 Å². The lowest BCUT2D eigenvalue weighted by Crippen LogP contribution is -1.97. The Morgan fingerprint density at radius 2 is 0.931 bits per heavy atom. The van der Waals surface area contributed by atoms with Crippen molar-refractivity contribution in [1.82, 2.24) is 0 Å². The molecule has 0 saturated heterocycles. The van der Waals surface area contributed by atoms with Gasteiger partial charge in [0.05, 0.1) is 0 Å². The third kappa shape index (κ3) is 3.54. The van der Waals surface area contributed by atoms with Crippen LogP contribution >= 0.6 is 0 Å². The Hall–Kier alpha value is -3.40. The molecule has 29 heavy (non-hydrogen) atoms. The smallest absolute Gasteiger partial charge is 0.167 e. The van der Waals surface area contributed by atoms with Crippen molar-refractivity contribution in [2.75, 3.05) is 0 Å². The highest BCUT2D eigenvalue weighted by Crippen LogP contribution is 2.34. The summed E-state index contributed by atoms with van der Waals surface area (Å²) in [6.07, 6.45) is 0. The molecule has 0 aliphatic heterocycles. The van der Waals surface area contributed by atoms with Crippen LogP contribution in [-0.4, -0.2) is 0 Å². The van der Waals surface area contributed by atoms with Crippen LogP contribution in [-0.2, 0) is 0 Å². The van der Waals surface area contributed by atoms with E-state index in [1.54, 1.807) is 12.1 Å². The number of hydrogen-bond donors (Lipinski definition) is 0. The summed E-state index contributed by atoms with van der Waals surface area (Å²) >= 11 is 0. The maximum Gasteiger partial charge on any atom is 0.167 e. The summed E-state index contributed by atoms with van der Waals surface area (Å²) in [6.45, 7) is 2.00. The molecule has 0 radical (unpaired) electrons. The average Bonchev–Trinajstić information content (AvgIpc) is 2.73. The zero-order valence-corrected chi connectivity index (χ0v) is 15.5. The van der Waals surface area contributed by atoms with E-state index in [9.17, 15) is 17.6 Å². The van der Waals surface area contributed by atoms with Crippen molar-refractivity contribution in [2.45, 2.75) is 6.92 Å². The summed E-state index contributed by atoms with van der Waals surface area (Å²) in [6, 6.07) is 21.1. The van der Waals surface area contributed by atoms with Gasteiger partial charge in [-0.15, -0.1) is 0 Å². The van der Waals surface area contributed by atoms with Gasteiger partial charge in [0.15, 0.2) is 23.3 Å². The van der Waals surface area contributed by atoms with E-state index in [0.29, 0.717) is 5.56 Å². The van der Waals surface area contributed by atoms with E-state index in [1.165, 1.54) is 24.3 Å². The molecule has 0 nitrogen and oxygen atoms in total. The van der Waals surface area contributed by atoms with Crippen molar-refractivity contribution in [3.8, 4) is 33.4 Å². The zero-order valence-electron chi connectivity index (χ0n) is 15.5. The molecule has 0 bridgehead atoms. The van der Waals surface area contributed by atoms with Gasteiger partial charge < -0.3 is 0 Å². The summed E-state index contributed by atoms with van der Waals surface area (Å²) in [5.41, 5.74) is 3.03. The Balaban J connectivity index is 1.72. The molecule has 144 valence electrons. The zero-order chi connectivity index (χ0) is 20.5. The molecule has 0 aromatic heterocycles. The molecule has 4 rings (SSSR count). The van der Waals surface area contributed by atoms with Crippen LogP contribution in [0.3, 0.4) is 0 Å². The average molecular weight is 392 g/mol. The first-order valence-corrected chi connectivity index (χ1v) is 9.05. The van der Waals surface area contributed by atoms with E-state index < -0.39 is 23.3 Å². The molecule has 0 fully saturated rings. The van der Waals surface area contributed by atoms with Crippen molar-refractivity contribution >= 4 is 0 Å². The second kappa shape index (κ2) is 7.55. The second-order valence-corrected chi connectivity index (χ2v) is 6.83. The van der Waals surface area contributed by atoms with Crippen molar-refractivity contribution in [2.24, 2.45) is 0 Å². The van der Waals surface area contributed by atoms with E-state index in [1.807, 2.05) is 43.3 Å². The van der Waals surface area contributed by atoms with Crippen LogP contribution in [0.5, 0.6) is 0 Å². The van der Waals surface area contributed by atoms with Crippen LogP contribution in [0.1, 0.15) is 5.56 Å². The number of halogens is 4. The highest BCUT2D eigenvalue weighted by atomic mass is 19.2. The Bertz CT molecular complexity index is 1180. The Morgan fingerprint density at radius 1 is 0.448 bits per heavy atom. The number of rotatable bonds is 3. The van der Waals surface area contributed by atoms with Gasteiger partial charge in [-0.2, -0.15) is 0 Å². The van der Waals surface area contributed by atoms with Gasteiger partial charge in [0.25, 0.3) is 0 Å². The normalized spacial score (nSPS) is 10.9. The predicted octanol–water partition coefficient (Wildman–Crippen LogP) is 7.55. The highest BCUT2D eigenvalue weighted by molar-refractivity contribution is 5.74. The Morgan fingerprint density at radius 3 is 1.59 bits per heavy atom. The van der Waals surface area contributed by atoms with Crippen molar-refractivity contribution < 1.29 is 17.6 Å². The molecular weight excluding hydrogens is 376 g/mol. The summed E-state index contributed by atoms with van der Waals surface area (Å²) < 4.78 is 56.8. The maximum absolute atomic E-state index is 14.7. The van der Waals surface area contributed by atoms with E-state index in [4.69, 9.17) is 0 Å². The van der Waals surface area contributed by atoms with Gasteiger partial charge in [-0.05, 0) is 29.7 Å².